The first-order chi connectivity index (χ1) is 6.84. The van der Waals surface area contributed by atoms with Crippen molar-refractivity contribution in [1.29, 1.82) is 0 Å². The fourth-order valence-electron chi connectivity index (χ4n) is 1.01. The summed E-state index contributed by atoms with van der Waals surface area (Å²) in [5.74, 6) is 0. The maximum Gasteiger partial charge on any atom is 0.153 e. The molecule has 15 heavy (non-hydrogen) atoms. The molecule has 6 heteroatoms. The molecule has 0 unspecified atom stereocenters. The summed E-state index contributed by atoms with van der Waals surface area (Å²) in [7, 11) is -4.94. The molecule has 0 heterocycles. The van der Waals surface area contributed by atoms with Crippen LogP contribution in [0, 0.1) is 10.2 Å². The zero-order valence-corrected chi connectivity index (χ0v) is 9.99. The van der Waals surface area contributed by atoms with Crippen molar-refractivity contribution in [2.75, 3.05) is 0 Å². The fourth-order valence-corrected chi connectivity index (χ4v) is 1.31. The van der Waals surface area contributed by atoms with Crippen LogP contribution in [0.15, 0.2) is 29.2 Å². The summed E-state index contributed by atoms with van der Waals surface area (Å²) in [5, 5.41) is 0. The molecule has 0 amide bonds. The van der Waals surface area contributed by atoms with E-state index in [1.54, 1.807) is 0 Å². The predicted molar refractivity (Wildman–Crippen MR) is 48.9 cm³/mol. The molecule has 0 aliphatic rings. The smallest absolute Gasteiger partial charge is 0.153 e. The molecule has 0 atom stereocenters. The molecule has 0 saturated heterocycles. The molecule has 0 spiro atoms. The first-order valence-corrected chi connectivity index (χ1v) is 5.99. The van der Waals surface area contributed by atoms with Gasteiger partial charge in [0.15, 0.2) is 4.90 Å². The van der Waals surface area contributed by atoms with Crippen LogP contribution in [0.3, 0.4) is 0 Å². The SMILES string of the molecule is CCCc1ccccc1[SH2+].[O-][Cl+3]([O-])([O-])[O-]. The fraction of sp³-hybridized carbons (Fsp3) is 0.333. The second-order valence-electron chi connectivity index (χ2n) is 2.79. The minimum Gasteiger partial charge on any atom is -0.222 e. The van der Waals surface area contributed by atoms with E-state index in [-0.39, 0.29) is 0 Å². The third-order valence-electron chi connectivity index (χ3n) is 1.54. The third-order valence-corrected chi connectivity index (χ3v) is 2.02. The van der Waals surface area contributed by atoms with Crippen molar-refractivity contribution in [2.45, 2.75) is 24.7 Å². The van der Waals surface area contributed by atoms with E-state index >= 15 is 0 Å². The van der Waals surface area contributed by atoms with Gasteiger partial charge >= 0.3 is 0 Å². The number of hydrogen-bond acceptors (Lipinski definition) is 4. The molecule has 0 aliphatic heterocycles. The van der Waals surface area contributed by atoms with Crippen molar-refractivity contribution >= 4 is 12.6 Å². The van der Waals surface area contributed by atoms with Gasteiger partial charge in [-0.05, 0) is 25.1 Å². The van der Waals surface area contributed by atoms with Gasteiger partial charge in [-0.15, -0.1) is 10.2 Å². The number of rotatable bonds is 2. The highest BCUT2D eigenvalue weighted by Gasteiger charge is 1.98. The van der Waals surface area contributed by atoms with Gasteiger partial charge in [0.2, 0.25) is 0 Å². The second kappa shape index (κ2) is 7.05. The Hall–Kier alpha value is -0.300. The Kier molecular flexibility index (Phi) is 6.91. The average molecular weight is 253 g/mol. The Morgan fingerprint density at radius 3 is 2.00 bits per heavy atom. The van der Waals surface area contributed by atoms with Gasteiger partial charge in [0.25, 0.3) is 0 Å². The number of halogens is 1. The van der Waals surface area contributed by atoms with E-state index in [9.17, 15) is 0 Å². The van der Waals surface area contributed by atoms with Crippen molar-refractivity contribution in [3.05, 3.63) is 29.8 Å². The minimum absolute atomic E-state index is 1.17. The van der Waals surface area contributed by atoms with E-state index in [1.165, 1.54) is 23.3 Å². The molecular formula is C9H13ClO4S. The average Bonchev–Trinajstić information content (AvgIpc) is 2.06. The Labute approximate surface area is 96.3 Å². The molecule has 0 N–H and O–H groups in total. The lowest BCUT2D eigenvalue weighted by atomic mass is 10.1. The highest BCUT2D eigenvalue weighted by Crippen LogP contribution is 2.09. The van der Waals surface area contributed by atoms with Gasteiger partial charge in [0.1, 0.15) is 0 Å². The van der Waals surface area contributed by atoms with Gasteiger partial charge in [-0.1, -0.05) is 31.5 Å². The van der Waals surface area contributed by atoms with Crippen molar-refractivity contribution in [3.8, 4) is 0 Å². The minimum atomic E-state index is -4.94. The van der Waals surface area contributed by atoms with Crippen molar-refractivity contribution in [3.63, 3.8) is 0 Å². The van der Waals surface area contributed by atoms with Crippen molar-refractivity contribution in [2.24, 2.45) is 0 Å². The molecule has 1 aromatic rings. The largest absolute Gasteiger partial charge is 0.222 e. The molecule has 1 aromatic carbocycles. The van der Waals surface area contributed by atoms with E-state index in [2.05, 4.69) is 37.8 Å². The molecule has 0 bridgehead atoms. The van der Waals surface area contributed by atoms with Crippen LogP contribution in [0.4, 0.5) is 0 Å². The van der Waals surface area contributed by atoms with Crippen molar-refractivity contribution < 1.29 is 28.9 Å². The molecule has 86 valence electrons. The zero-order chi connectivity index (χ0) is 11.9. The molecule has 0 aliphatic carbocycles. The Balaban J connectivity index is 0.000000336. The lowest BCUT2D eigenvalue weighted by Gasteiger charge is -2.17. The zero-order valence-electron chi connectivity index (χ0n) is 8.23. The van der Waals surface area contributed by atoms with Crippen LogP contribution in [-0.2, 0) is 19.0 Å². The van der Waals surface area contributed by atoms with Gasteiger partial charge in [0.05, 0.1) is 0 Å². The molecular weight excluding hydrogens is 240 g/mol. The monoisotopic (exact) mass is 252 g/mol. The highest BCUT2D eigenvalue weighted by atomic mass is 35.7. The van der Waals surface area contributed by atoms with Gasteiger partial charge < -0.3 is 0 Å². The maximum absolute atomic E-state index is 8.49. The molecule has 0 aromatic heterocycles. The summed E-state index contributed by atoms with van der Waals surface area (Å²) < 4.78 is 34.0. The lowest BCUT2D eigenvalue weighted by Crippen LogP contribution is -2.68. The molecule has 0 fully saturated rings. The van der Waals surface area contributed by atoms with Crippen LogP contribution in [-0.4, -0.2) is 0 Å². The molecule has 4 nitrogen and oxygen atoms in total. The van der Waals surface area contributed by atoms with E-state index in [0.29, 0.717) is 0 Å². The Bertz CT molecular complexity index is 282. The quantitative estimate of drug-likeness (QED) is 0.534. The van der Waals surface area contributed by atoms with Crippen LogP contribution < -0.4 is 18.6 Å². The van der Waals surface area contributed by atoms with Crippen LogP contribution >= 0.6 is 0 Å². The first-order valence-electron chi connectivity index (χ1n) is 4.26. The lowest BCUT2D eigenvalue weighted by molar-refractivity contribution is -2.00. The van der Waals surface area contributed by atoms with E-state index in [0.717, 1.165) is 0 Å². The summed E-state index contributed by atoms with van der Waals surface area (Å²) in [5.41, 5.74) is 1.40. The normalized spacial score (nSPS) is 10.5. The summed E-state index contributed by atoms with van der Waals surface area (Å²) in [6.45, 7) is 2.19. The highest BCUT2D eigenvalue weighted by molar-refractivity contribution is 7.58. The molecule has 1 rings (SSSR count). The van der Waals surface area contributed by atoms with Crippen LogP contribution in [0.5, 0.6) is 0 Å². The molecule has 0 saturated carbocycles. The maximum atomic E-state index is 8.49. The number of hydrogen-bond donors (Lipinski definition) is 0. The Morgan fingerprint density at radius 2 is 1.60 bits per heavy atom. The third kappa shape index (κ3) is 9.99. The van der Waals surface area contributed by atoms with Crippen LogP contribution in [0.1, 0.15) is 18.9 Å². The second-order valence-corrected chi connectivity index (χ2v) is 4.08. The van der Waals surface area contributed by atoms with Gasteiger partial charge in [-0.2, -0.15) is 0 Å². The number of aryl methyl sites for hydroxylation is 1. The summed E-state index contributed by atoms with van der Waals surface area (Å²) >= 11 is 3.55. The molecule has 0 radical (unpaired) electrons. The van der Waals surface area contributed by atoms with E-state index in [1.807, 2.05) is 6.07 Å². The standard InChI is InChI=1S/C9H12S.ClHO4/c1-2-5-8-6-3-4-7-9(8)10;2-1(3,4)5/h3-4,6-7,10H,2,5H2,1H3;(H,2,3,4,5). The van der Waals surface area contributed by atoms with E-state index in [4.69, 9.17) is 18.6 Å². The van der Waals surface area contributed by atoms with Crippen molar-refractivity contribution in [1.82, 2.24) is 0 Å². The predicted octanol–water partition coefficient (Wildman–Crippen LogP) is -2.75. The summed E-state index contributed by atoms with van der Waals surface area (Å²) in [6, 6.07) is 8.36. The Morgan fingerprint density at radius 1 is 1.13 bits per heavy atom. The van der Waals surface area contributed by atoms with Crippen LogP contribution in [0.2, 0.25) is 0 Å². The number of benzene rings is 1. The van der Waals surface area contributed by atoms with E-state index < -0.39 is 10.2 Å². The summed E-state index contributed by atoms with van der Waals surface area (Å²) in [6.07, 6.45) is 2.38. The van der Waals surface area contributed by atoms with Gasteiger partial charge in [-0.25, -0.2) is 18.6 Å². The van der Waals surface area contributed by atoms with Gasteiger partial charge in [0, 0.05) is 5.56 Å². The van der Waals surface area contributed by atoms with Crippen LogP contribution in [0.25, 0.3) is 0 Å². The van der Waals surface area contributed by atoms with Gasteiger partial charge in [-0.3, -0.25) is 0 Å². The first kappa shape index (κ1) is 14.7. The topological polar surface area (TPSA) is 92.2 Å². The summed E-state index contributed by atoms with van der Waals surface area (Å²) in [4.78, 5) is 1.23.